The molecule has 4 nitrogen and oxygen atoms in total. The van der Waals surface area contributed by atoms with E-state index >= 15 is 0 Å². The fourth-order valence-electron chi connectivity index (χ4n) is 1.65. The molecule has 0 spiro atoms. The predicted octanol–water partition coefficient (Wildman–Crippen LogP) is 1.09. The lowest BCUT2D eigenvalue weighted by molar-refractivity contribution is -0.153. The van der Waals surface area contributed by atoms with E-state index in [1.165, 1.54) is 0 Å². The first kappa shape index (κ1) is 12.7. The topological polar surface area (TPSA) is 47.9 Å². The smallest absolute Gasteiger partial charge is 0.162 e. The van der Waals surface area contributed by atoms with Gasteiger partial charge in [-0.25, -0.2) is 0 Å². The van der Waals surface area contributed by atoms with Crippen LogP contribution in [-0.4, -0.2) is 38.1 Å². The largest absolute Gasteiger partial charge is 0.489 e. The van der Waals surface area contributed by atoms with Crippen molar-refractivity contribution in [1.82, 2.24) is 0 Å². The average Bonchev–Trinajstić information content (AvgIpc) is 2.37. The van der Waals surface area contributed by atoms with Gasteiger partial charge in [0.05, 0.1) is 25.2 Å². The predicted molar refractivity (Wildman–Crippen MR) is 66.6 cm³/mol. The second-order valence-electron chi connectivity index (χ2n) is 4.38. The fraction of sp³-hybridized carbons (Fsp3) is 0.429. The molecule has 0 bridgehead atoms. The van der Waals surface area contributed by atoms with Gasteiger partial charge in [-0.2, -0.15) is 0 Å². The van der Waals surface area contributed by atoms with Crippen molar-refractivity contribution < 1.29 is 19.3 Å². The normalized spacial score (nSPS) is 16.4. The molecule has 1 heterocycles. The van der Waals surface area contributed by atoms with E-state index in [0.29, 0.717) is 31.3 Å². The highest BCUT2D eigenvalue weighted by molar-refractivity contribution is 5.39. The monoisotopic (exact) mass is 248 g/mol. The Labute approximate surface area is 106 Å². The molecule has 0 aromatic heterocycles. The number of terminal acetylenes is 1. The molecule has 0 unspecified atom stereocenters. The summed E-state index contributed by atoms with van der Waals surface area (Å²) < 4.78 is 16.2. The van der Waals surface area contributed by atoms with Gasteiger partial charge in [0.1, 0.15) is 13.2 Å². The molecular weight excluding hydrogens is 232 g/mol. The average molecular weight is 248 g/mol. The summed E-state index contributed by atoms with van der Waals surface area (Å²) in [6.45, 7) is 1.71. The zero-order chi connectivity index (χ0) is 12.8. The van der Waals surface area contributed by atoms with Crippen molar-refractivity contribution in [3.05, 3.63) is 24.3 Å². The molecular formula is C14H16O4. The van der Waals surface area contributed by atoms with Crippen LogP contribution in [0.4, 0.5) is 0 Å². The first-order chi connectivity index (χ1) is 8.79. The first-order valence-corrected chi connectivity index (χ1v) is 5.76. The van der Waals surface area contributed by atoms with Crippen LogP contribution in [0.15, 0.2) is 24.3 Å². The van der Waals surface area contributed by atoms with E-state index in [4.69, 9.17) is 20.6 Å². The maximum absolute atomic E-state index is 9.31. The third-order valence-electron chi connectivity index (χ3n) is 2.85. The van der Waals surface area contributed by atoms with Crippen LogP contribution in [0.5, 0.6) is 11.5 Å². The molecule has 1 aliphatic rings. The number of hydrogen-bond donors (Lipinski definition) is 1. The summed E-state index contributed by atoms with van der Waals surface area (Å²) in [5.74, 6) is 3.66. The SMILES string of the molecule is C#CCOc1ccccc1OCC1(CO)COC1. The molecule has 1 aliphatic heterocycles. The Kier molecular flexibility index (Phi) is 4.08. The molecule has 0 atom stereocenters. The molecule has 0 aliphatic carbocycles. The zero-order valence-electron chi connectivity index (χ0n) is 10.1. The van der Waals surface area contributed by atoms with Crippen molar-refractivity contribution in [2.45, 2.75) is 0 Å². The summed E-state index contributed by atoms with van der Waals surface area (Å²) in [5.41, 5.74) is -0.279. The van der Waals surface area contributed by atoms with Gasteiger partial charge >= 0.3 is 0 Å². The van der Waals surface area contributed by atoms with Gasteiger partial charge in [0, 0.05) is 0 Å². The number of aliphatic hydroxyl groups is 1. The van der Waals surface area contributed by atoms with Crippen LogP contribution in [-0.2, 0) is 4.74 Å². The van der Waals surface area contributed by atoms with Crippen molar-refractivity contribution >= 4 is 0 Å². The van der Waals surface area contributed by atoms with E-state index < -0.39 is 0 Å². The molecule has 18 heavy (non-hydrogen) atoms. The van der Waals surface area contributed by atoms with Gasteiger partial charge in [0.25, 0.3) is 0 Å². The van der Waals surface area contributed by atoms with Crippen LogP contribution >= 0.6 is 0 Å². The summed E-state index contributed by atoms with van der Waals surface area (Å²) in [7, 11) is 0. The number of aliphatic hydroxyl groups excluding tert-OH is 1. The van der Waals surface area contributed by atoms with Crippen LogP contribution in [0.3, 0.4) is 0 Å². The van der Waals surface area contributed by atoms with Gasteiger partial charge in [0.2, 0.25) is 0 Å². The maximum Gasteiger partial charge on any atom is 0.162 e. The molecule has 0 saturated carbocycles. The molecule has 2 rings (SSSR count). The van der Waals surface area contributed by atoms with Crippen molar-refractivity contribution in [3.63, 3.8) is 0 Å². The summed E-state index contributed by atoms with van der Waals surface area (Å²) >= 11 is 0. The van der Waals surface area contributed by atoms with Crippen LogP contribution in [0, 0.1) is 17.8 Å². The van der Waals surface area contributed by atoms with Crippen molar-refractivity contribution in [3.8, 4) is 23.8 Å². The Hall–Kier alpha value is -1.70. The minimum atomic E-state index is -0.279. The van der Waals surface area contributed by atoms with Crippen molar-refractivity contribution in [2.24, 2.45) is 5.41 Å². The van der Waals surface area contributed by atoms with Gasteiger partial charge < -0.3 is 19.3 Å². The van der Waals surface area contributed by atoms with Gasteiger partial charge in [-0.3, -0.25) is 0 Å². The van der Waals surface area contributed by atoms with Crippen LogP contribution < -0.4 is 9.47 Å². The van der Waals surface area contributed by atoms with Gasteiger partial charge in [-0.15, -0.1) is 6.42 Å². The molecule has 1 aromatic rings. The molecule has 1 N–H and O–H groups in total. The lowest BCUT2D eigenvalue weighted by Gasteiger charge is -2.39. The third kappa shape index (κ3) is 2.76. The van der Waals surface area contributed by atoms with E-state index in [1.54, 1.807) is 6.07 Å². The van der Waals surface area contributed by atoms with Crippen molar-refractivity contribution in [2.75, 3.05) is 33.0 Å². The Morgan fingerprint density at radius 3 is 2.44 bits per heavy atom. The Morgan fingerprint density at radius 1 is 1.28 bits per heavy atom. The number of para-hydroxylation sites is 2. The Morgan fingerprint density at radius 2 is 1.94 bits per heavy atom. The van der Waals surface area contributed by atoms with Crippen LogP contribution in [0.25, 0.3) is 0 Å². The maximum atomic E-state index is 9.31. The van der Waals surface area contributed by atoms with Crippen molar-refractivity contribution in [1.29, 1.82) is 0 Å². The van der Waals surface area contributed by atoms with Gasteiger partial charge in [0.15, 0.2) is 11.5 Å². The molecule has 1 saturated heterocycles. The van der Waals surface area contributed by atoms with E-state index in [1.807, 2.05) is 18.2 Å². The van der Waals surface area contributed by atoms with E-state index in [-0.39, 0.29) is 18.6 Å². The van der Waals surface area contributed by atoms with Gasteiger partial charge in [-0.1, -0.05) is 18.1 Å². The highest BCUT2D eigenvalue weighted by atomic mass is 16.5. The first-order valence-electron chi connectivity index (χ1n) is 5.76. The van der Waals surface area contributed by atoms with Crippen LogP contribution in [0.1, 0.15) is 0 Å². The van der Waals surface area contributed by atoms with E-state index in [2.05, 4.69) is 5.92 Å². The highest BCUT2D eigenvalue weighted by Gasteiger charge is 2.39. The van der Waals surface area contributed by atoms with Gasteiger partial charge in [-0.05, 0) is 12.1 Å². The van der Waals surface area contributed by atoms with E-state index in [0.717, 1.165) is 0 Å². The molecule has 1 fully saturated rings. The summed E-state index contributed by atoms with van der Waals surface area (Å²) in [6, 6.07) is 7.33. The zero-order valence-corrected chi connectivity index (χ0v) is 10.1. The third-order valence-corrected chi connectivity index (χ3v) is 2.85. The van der Waals surface area contributed by atoms with Crippen LogP contribution in [0.2, 0.25) is 0 Å². The highest BCUT2D eigenvalue weighted by Crippen LogP contribution is 2.31. The Bertz CT molecular complexity index is 426. The van der Waals surface area contributed by atoms with E-state index in [9.17, 15) is 5.11 Å². The molecule has 4 heteroatoms. The number of ether oxygens (including phenoxy) is 3. The number of rotatable bonds is 6. The molecule has 96 valence electrons. The summed E-state index contributed by atoms with van der Waals surface area (Å²) in [5, 5.41) is 9.31. The molecule has 0 radical (unpaired) electrons. The summed E-state index contributed by atoms with van der Waals surface area (Å²) in [6.07, 6.45) is 5.16. The second-order valence-corrected chi connectivity index (χ2v) is 4.38. The quantitative estimate of drug-likeness (QED) is 0.765. The number of benzene rings is 1. The minimum absolute atomic E-state index is 0.0559. The number of hydrogen-bond acceptors (Lipinski definition) is 4. The molecule has 0 amide bonds. The summed E-state index contributed by atoms with van der Waals surface area (Å²) in [4.78, 5) is 0. The standard InChI is InChI=1S/C14H16O4/c1-2-7-17-12-5-3-4-6-13(12)18-11-14(8-15)9-16-10-14/h1,3-6,15H,7-11H2. The fourth-order valence-corrected chi connectivity index (χ4v) is 1.65. The second kappa shape index (κ2) is 5.76. The minimum Gasteiger partial charge on any atom is -0.489 e. The lowest BCUT2D eigenvalue weighted by atomic mass is 9.88. The lowest BCUT2D eigenvalue weighted by Crippen LogP contribution is -2.49. The Balaban J connectivity index is 1.98. The molecule has 1 aromatic carbocycles.